The molecular weight excluding hydrogens is 350 g/mol. The van der Waals surface area contributed by atoms with Crippen molar-refractivity contribution in [1.82, 2.24) is 15.6 Å². The van der Waals surface area contributed by atoms with Gasteiger partial charge in [0.25, 0.3) is 11.8 Å². The van der Waals surface area contributed by atoms with E-state index in [1.54, 1.807) is 13.2 Å². The second kappa shape index (κ2) is 9.00. The molecular formula is C19H21N3O5. The van der Waals surface area contributed by atoms with Crippen molar-refractivity contribution in [3.8, 4) is 11.5 Å². The minimum absolute atomic E-state index is 0.205. The summed E-state index contributed by atoms with van der Waals surface area (Å²) in [6.07, 6.45) is 3.57. The van der Waals surface area contributed by atoms with Gasteiger partial charge < -0.3 is 24.8 Å². The molecule has 2 N–H and O–H groups in total. The summed E-state index contributed by atoms with van der Waals surface area (Å²) in [7, 11) is 1.61. The number of pyridine rings is 1. The number of aromatic nitrogens is 1. The van der Waals surface area contributed by atoms with Gasteiger partial charge in [-0.1, -0.05) is 6.07 Å². The van der Waals surface area contributed by atoms with E-state index in [-0.39, 0.29) is 18.6 Å². The number of carbonyl (C=O) groups is 2. The molecule has 3 rings (SSSR count). The second-order valence-corrected chi connectivity index (χ2v) is 5.93. The molecule has 1 aromatic heterocycles. The van der Waals surface area contributed by atoms with Crippen molar-refractivity contribution in [2.24, 2.45) is 0 Å². The zero-order valence-electron chi connectivity index (χ0n) is 15.0. The Labute approximate surface area is 156 Å². The fraction of sp³-hybridized carbons (Fsp3) is 0.316. The van der Waals surface area contributed by atoms with Crippen molar-refractivity contribution >= 4 is 11.8 Å². The van der Waals surface area contributed by atoms with Gasteiger partial charge in [-0.25, -0.2) is 0 Å². The maximum atomic E-state index is 12.4. The van der Waals surface area contributed by atoms with E-state index in [0.717, 1.165) is 5.56 Å². The van der Waals surface area contributed by atoms with Crippen LogP contribution < -0.4 is 20.1 Å². The Hall–Kier alpha value is -3.13. The number of hydrogen-bond donors (Lipinski definition) is 2. The van der Waals surface area contributed by atoms with Crippen molar-refractivity contribution < 1.29 is 23.8 Å². The maximum Gasteiger partial charge on any atom is 0.253 e. The third kappa shape index (κ3) is 4.95. The molecule has 0 saturated heterocycles. The Morgan fingerprint density at radius 3 is 2.59 bits per heavy atom. The highest BCUT2D eigenvalue weighted by Crippen LogP contribution is 2.32. The van der Waals surface area contributed by atoms with Crippen molar-refractivity contribution in [2.75, 3.05) is 27.1 Å². The lowest BCUT2D eigenvalue weighted by molar-refractivity contribution is 0.0948. The van der Waals surface area contributed by atoms with Crippen LogP contribution in [0.15, 0.2) is 36.7 Å². The van der Waals surface area contributed by atoms with E-state index in [0.29, 0.717) is 48.7 Å². The number of hydrogen-bond acceptors (Lipinski definition) is 6. The number of fused-ring (bicyclic) bond motifs is 1. The van der Waals surface area contributed by atoms with Gasteiger partial charge in [0, 0.05) is 39.2 Å². The summed E-state index contributed by atoms with van der Waals surface area (Å²) < 4.78 is 15.5. The molecule has 2 heterocycles. The van der Waals surface area contributed by atoms with E-state index in [1.165, 1.54) is 18.5 Å². The smallest absolute Gasteiger partial charge is 0.253 e. The van der Waals surface area contributed by atoms with Crippen LogP contribution in [0.25, 0.3) is 0 Å². The normalized spacial score (nSPS) is 11.9. The summed E-state index contributed by atoms with van der Waals surface area (Å²) in [5.41, 5.74) is 1.54. The molecule has 8 nitrogen and oxygen atoms in total. The molecule has 1 aliphatic rings. The third-order valence-electron chi connectivity index (χ3n) is 3.96. The van der Waals surface area contributed by atoms with Crippen molar-refractivity contribution in [3.05, 3.63) is 53.3 Å². The highest BCUT2D eigenvalue weighted by atomic mass is 16.7. The van der Waals surface area contributed by atoms with Crippen LogP contribution in [0.2, 0.25) is 0 Å². The molecule has 0 fully saturated rings. The quantitative estimate of drug-likeness (QED) is 0.683. The molecule has 1 aromatic carbocycles. The molecule has 0 bridgehead atoms. The van der Waals surface area contributed by atoms with Gasteiger partial charge in [0.2, 0.25) is 6.79 Å². The van der Waals surface area contributed by atoms with Gasteiger partial charge in [-0.2, -0.15) is 0 Å². The van der Waals surface area contributed by atoms with Crippen molar-refractivity contribution in [3.63, 3.8) is 0 Å². The minimum Gasteiger partial charge on any atom is -0.454 e. The number of methoxy groups -OCH3 is 1. The fourth-order valence-electron chi connectivity index (χ4n) is 2.54. The first-order chi connectivity index (χ1) is 13.2. The zero-order chi connectivity index (χ0) is 19.1. The molecule has 0 aliphatic carbocycles. The summed E-state index contributed by atoms with van der Waals surface area (Å²) in [6.45, 7) is 1.59. The molecule has 8 heteroatoms. The molecule has 27 heavy (non-hydrogen) atoms. The van der Waals surface area contributed by atoms with Crippen LogP contribution in [0.1, 0.15) is 32.7 Å². The first-order valence-electron chi connectivity index (χ1n) is 8.56. The number of amides is 2. The zero-order valence-corrected chi connectivity index (χ0v) is 15.0. The topological polar surface area (TPSA) is 98.8 Å². The summed E-state index contributed by atoms with van der Waals surface area (Å²) >= 11 is 0. The molecule has 0 spiro atoms. The van der Waals surface area contributed by atoms with Gasteiger partial charge >= 0.3 is 0 Å². The van der Waals surface area contributed by atoms with Crippen LogP contribution in [0.3, 0.4) is 0 Å². The molecule has 2 amide bonds. The van der Waals surface area contributed by atoms with Crippen LogP contribution in [0.4, 0.5) is 0 Å². The predicted octanol–water partition coefficient (Wildman–Crippen LogP) is 1.51. The van der Waals surface area contributed by atoms with Crippen LogP contribution >= 0.6 is 0 Å². The lowest BCUT2D eigenvalue weighted by atomic mass is 10.1. The molecule has 142 valence electrons. The number of ether oxygens (including phenoxy) is 3. The summed E-state index contributed by atoms with van der Waals surface area (Å²) in [5.74, 6) is 0.771. The molecule has 0 saturated carbocycles. The number of nitrogens with zero attached hydrogens (tertiary/aromatic N) is 1. The second-order valence-electron chi connectivity index (χ2n) is 5.93. The Kier molecular flexibility index (Phi) is 6.22. The van der Waals surface area contributed by atoms with E-state index in [9.17, 15) is 9.59 Å². The molecule has 0 unspecified atom stereocenters. The Bertz CT molecular complexity index is 825. The van der Waals surface area contributed by atoms with Gasteiger partial charge in [-0.15, -0.1) is 0 Å². The van der Waals surface area contributed by atoms with Crippen molar-refractivity contribution in [2.45, 2.75) is 13.0 Å². The van der Waals surface area contributed by atoms with E-state index in [2.05, 4.69) is 15.6 Å². The van der Waals surface area contributed by atoms with E-state index >= 15 is 0 Å². The monoisotopic (exact) mass is 371 g/mol. The van der Waals surface area contributed by atoms with E-state index in [4.69, 9.17) is 14.2 Å². The maximum absolute atomic E-state index is 12.4. The van der Waals surface area contributed by atoms with Crippen LogP contribution in [0, 0.1) is 0 Å². The molecule has 2 aromatic rings. The summed E-state index contributed by atoms with van der Waals surface area (Å²) in [6, 6.07) is 7.01. The highest BCUT2D eigenvalue weighted by Gasteiger charge is 2.14. The molecule has 0 radical (unpaired) electrons. The average Bonchev–Trinajstić information content (AvgIpc) is 3.17. The first-order valence-corrected chi connectivity index (χ1v) is 8.56. The Morgan fingerprint density at radius 1 is 1.07 bits per heavy atom. The SMILES string of the molecule is COCCCNC(=O)c1cncc(C(=O)NCc2ccc3c(c2)OCO3)c1. The number of nitrogens with one attached hydrogen (secondary N) is 2. The Morgan fingerprint density at radius 2 is 1.81 bits per heavy atom. The van der Waals surface area contributed by atoms with E-state index < -0.39 is 0 Å². The van der Waals surface area contributed by atoms with Gasteiger partial charge in [0.1, 0.15) is 0 Å². The minimum atomic E-state index is -0.311. The molecule has 0 atom stereocenters. The Balaban J connectivity index is 1.56. The van der Waals surface area contributed by atoms with Gasteiger partial charge in [0.05, 0.1) is 11.1 Å². The van der Waals surface area contributed by atoms with Gasteiger partial charge in [-0.05, 0) is 30.2 Å². The third-order valence-corrected chi connectivity index (χ3v) is 3.96. The fourth-order valence-corrected chi connectivity index (χ4v) is 2.54. The van der Waals surface area contributed by atoms with Crippen LogP contribution in [0.5, 0.6) is 11.5 Å². The number of carbonyl (C=O) groups excluding carboxylic acids is 2. The van der Waals surface area contributed by atoms with Gasteiger partial charge in [-0.3, -0.25) is 14.6 Å². The standard InChI is InChI=1S/C19H21N3O5/c1-25-6-2-5-21-18(23)14-8-15(11-20-10-14)19(24)22-9-13-3-4-16-17(7-13)27-12-26-16/h3-4,7-8,10-11H,2,5-6,9,12H2,1H3,(H,21,23)(H,22,24). The number of rotatable bonds is 8. The lowest BCUT2D eigenvalue weighted by Crippen LogP contribution is -2.27. The predicted molar refractivity (Wildman–Crippen MR) is 96.8 cm³/mol. The highest BCUT2D eigenvalue weighted by molar-refractivity contribution is 5.99. The average molecular weight is 371 g/mol. The lowest BCUT2D eigenvalue weighted by Gasteiger charge is -2.08. The number of benzene rings is 1. The van der Waals surface area contributed by atoms with Gasteiger partial charge in [0.15, 0.2) is 11.5 Å². The summed E-state index contributed by atoms with van der Waals surface area (Å²) in [4.78, 5) is 28.5. The van der Waals surface area contributed by atoms with Crippen molar-refractivity contribution in [1.29, 1.82) is 0 Å². The van der Waals surface area contributed by atoms with Crippen LogP contribution in [-0.2, 0) is 11.3 Å². The van der Waals surface area contributed by atoms with E-state index in [1.807, 2.05) is 12.1 Å². The van der Waals surface area contributed by atoms with Crippen LogP contribution in [-0.4, -0.2) is 43.9 Å². The first kappa shape index (κ1) is 18.7. The summed E-state index contributed by atoms with van der Waals surface area (Å²) in [5, 5.41) is 5.57. The molecule has 1 aliphatic heterocycles. The largest absolute Gasteiger partial charge is 0.454 e.